The minimum absolute atomic E-state index is 0.172. The maximum atomic E-state index is 11.9. The van der Waals surface area contributed by atoms with Gasteiger partial charge in [0.25, 0.3) is 0 Å². The molecule has 1 atom stereocenters. The molecular formula is C12H25N3O2. The summed E-state index contributed by atoms with van der Waals surface area (Å²) in [6, 6.07) is -0.546. The molecule has 0 aliphatic rings. The first-order valence-corrected chi connectivity index (χ1v) is 6.28. The third kappa shape index (κ3) is 4.73. The Morgan fingerprint density at radius 1 is 1.24 bits per heavy atom. The van der Waals surface area contributed by atoms with Crippen molar-refractivity contribution in [3.8, 4) is 0 Å². The van der Waals surface area contributed by atoms with Crippen molar-refractivity contribution in [2.75, 3.05) is 6.54 Å². The van der Waals surface area contributed by atoms with E-state index in [0.29, 0.717) is 19.4 Å². The van der Waals surface area contributed by atoms with Gasteiger partial charge in [-0.1, -0.05) is 20.8 Å². The van der Waals surface area contributed by atoms with E-state index in [1.807, 2.05) is 20.8 Å². The zero-order valence-corrected chi connectivity index (χ0v) is 11.3. The van der Waals surface area contributed by atoms with Gasteiger partial charge in [0.2, 0.25) is 11.8 Å². The fourth-order valence-corrected chi connectivity index (χ4v) is 1.38. The molecule has 1 unspecified atom stereocenters. The molecular weight excluding hydrogens is 218 g/mol. The molecule has 100 valence electrons. The quantitative estimate of drug-likeness (QED) is 0.610. The van der Waals surface area contributed by atoms with Crippen LogP contribution in [-0.4, -0.2) is 29.9 Å². The monoisotopic (exact) mass is 243 g/mol. The minimum Gasteiger partial charge on any atom is -0.354 e. The zero-order valence-electron chi connectivity index (χ0n) is 11.3. The molecule has 0 saturated carbocycles. The summed E-state index contributed by atoms with van der Waals surface area (Å²) in [6.07, 6.45) is 1.98. The minimum atomic E-state index is -0.876. The van der Waals surface area contributed by atoms with E-state index >= 15 is 0 Å². The molecule has 0 heterocycles. The lowest BCUT2D eigenvalue weighted by atomic mass is 9.93. The molecule has 0 rings (SSSR count). The first-order chi connectivity index (χ1) is 7.91. The van der Waals surface area contributed by atoms with E-state index in [2.05, 4.69) is 10.6 Å². The Bertz CT molecular complexity index is 262. The van der Waals surface area contributed by atoms with E-state index in [1.165, 1.54) is 0 Å². The lowest BCUT2D eigenvalue weighted by molar-refractivity contribution is -0.131. The molecule has 0 fully saturated rings. The fourth-order valence-electron chi connectivity index (χ4n) is 1.38. The molecule has 0 bridgehead atoms. The van der Waals surface area contributed by atoms with Gasteiger partial charge in [-0.05, 0) is 26.2 Å². The molecule has 0 aromatic heterocycles. The second kappa shape index (κ2) is 7.27. The predicted octanol–water partition coefficient (Wildman–Crippen LogP) is 0.535. The highest BCUT2D eigenvalue weighted by atomic mass is 16.2. The number of nitrogens with one attached hydrogen (secondary N) is 2. The number of hydrogen-bond donors (Lipinski definition) is 3. The second-order valence-corrected chi connectivity index (χ2v) is 4.35. The first-order valence-electron chi connectivity index (χ1n) is 6.28. The molecule has 2 amide bonds. The Balaban J connectivity index is 4.33. The predicted molar refractivity (Wildman–Crippen MR) is 68.4 cm³/mol. The average molecular weight is 243 g/mol. The van der Waals surface area contributed by atoms with Gasteiger partial charge in [-0.15, -0.1) is 0 Å². The summed E-state index contributed by atoms with van der Waals surface area (Å²) in [5, 5.41) is 5.39. The summed E-state index contributed by atoms with van der Waals surface area (Å²) in [7, 11) is 0. The standard InChI is InChI=1S/C12H25N3O2/c1-5-8-14-10(16)9(4)15-11(17)12(13,6-2)7-3/h9H,5-8,13H2,1-4H3,(H,14,16)(H,15,17). The van der Waals surface area contributed by atoms with Crippen LogP contribution in [0.3, 0.4) is 0 Å². The van der Waals surface area contributed by atoms with Gasteiger partial charge in [-0.2, -0.15) is 0 Å². The maximum absolute atomic E-state index is 11.9. The Kier molecular flexibility index (Phi) is 6.80. The van der Waals surface area contributed by atoms with Crippen LogP contribution in [0.15, 0.2) is 0 Å². The van der Waals surface area contributed by atoms with Gasteiger partial charge in [-0.25, -0.2) is 0 Å². The van der Waals surface area contributed by atoms with Gasteiger partial charge in [0.1, 0.15) is 6.04 Å². The number of carbonyl (C=O) groups is 2. The average Bonchev–Trinajstić information content (AvgIpc) is 2.34. The Hall–Kier alpha value is -1.10. The van der Waals surface area contributed by atoms with Crippen LogP contribution in [0.4, 0.5) is 0 Å². The molecule has 0 aromatic rings. The molecule has 5 heteroatoms. The van der Waals surface area contributed by atoms with E-state index in [0.717, 1.165) is 6.42 Å². The van der Waals surface area contributed by atoms with Gasteiger partial charge < -0.3 is 16.4 Å². The van der Waals surface area contributed by atoms with Crippen LogP contribution in [0.1, 0.15) is 47.0 Å². The normalized spacial score (nSPS) is 13.0. The lowest BCUT2D eigenvalue weighted by Crippen LogP contribution is -2.57. The van der Waals surface area contributed by atoms with Crippen molar-refractivity contribution in [3.63, 3.8) is 0 Å². The van der Waals surface area contributed by atoms with Gasteiger partial charge in [0, 0.05) is 6.54 Å². The van der Waals surface area contributed by atoms with Crippen molar-refractivity contribution in [1.29, 1.82) is 0 Å². The van der Waals surface area contributed by atoms with Gasteiger partial charge in [-0.3, -0.25) is 9.59 Å². The molecule has 0 aliphatic carbocycles. The van der Waals surface area contributed by atoms with Crippen molar-refractivity contribution < 1.29 is 9.59 Å². The highest BCUT2D eigenvalue weighted by molar-refractivity contribution is 5.91. The zero-order chi connectivity index (χ0) is 13.5. The molecule has 17 heavy (non-hydrogen) atoms. The SMILES string of the molecule is CCCNC(=O)C(C)NC(=O)C(N)(CC)CC. The molecule has 0 spiro atoms. The van der Waals surface area contributed by atoms with Crippen LogP contribution in [0.2, 0.25) is 0 Å². The van der Waals surface area contributed by atoms with Crippen molar-refractivity contribution in [2.45, 2.75) is 58.5 Å². The summed E-state index contributed by atoms with van der Waals surface area (Å²) in [4.78, 5) is 23.5. The third-order valence-corrected chi connectivity index (χ3v) is 3.00. The fraction of sp³-hybridized carbons (Fsp3) is 0.833. The van der Waals surface area contributed by atoms with E-state index in [4.69, 9.17) is 5.73 Å². The van der Waals surface area contributed by atoms with Gasteiger partial charge in [0.05, 0.1) is 5.54 Å². The Morgan fingerprint density at radius 3 is 2.18 bits per heavy atom. The Morgan fingerprint density at radius 2 is 1.76 bits per heavy atom. The van der Waals surface area contributed by atoms with Crippen LogP contribution in [0.5, 0.6) is 0 Å². The lowest BCUT2D eigenvalue weighted by Gasteiger charge is -2.27. The third-order valence-electron chi connectivity index (χ3n) is 3.00. The highest BCUT2D eigenvalue weighted by Gasteiger charge is 2.31. The maximum Gasteiger partial charge on any atom is 0.242 e. The largest absolute Gasteiger partial charge is 0.354 e. The smallest absolute Gasteiger partial charge is 0.242 e. The number of rotatable bonds is 7. The summed E-state index contributed by atoms with van der Waals surface area (Å²) in [6.45, 7) is 7.99. The highest BCUT2D eigenvalue weighted by Crippen LogP contribution is 2.11. The van der Waals surface area contributed by atoms with Crippen molar-refractivity contribution in [3.05, 3.63) is 0 Å². The summed E-state index contributed by atoms with van der Waals surface area (Å²) in [5.41, 5.74) is 5.07. The van der Waals surface area contributed by atoms with Gasteiger partial charge >= 0.3 is 0 Å². The summed E-state index contributed by atoms with van der Waals surface area (Å²) in [5.74, 6) is -0.434. The molecule has 5 nitrogen and oxygen atoms in total. The molecule has 0 saturated heterocycles. The van der Waals surface area contributed by atoms with Crippen LogP contribution in [-0.2, 0) is 9.59 Å². The molecule has 4 N–H and O–H groups in total. The van der Waals surface area contributed by atoms with E-state index in [-0.39, 0.29) is 11.8 Å². The van der Waals surface area contributed by atoms with E-state index in [9.17, 15) is 9.59 Å². The van der Waals surface area contributed by atoms with Crippen LogP contribution in [0.25, 0.3) is 0 Å². The van der Waals surface area contributed by atoms with E-state index < -0.39 is 11.6 Å². The summed E-state index contributed by atoms with van der Waals surface area (Å²) >= 11 is 0. The van der Waals surface area contributed by atoms with Crippen LogP contribution in [0, 0.1) is 0 Å². The second-order valence-electron chi connectivity index (χ2n) is 4.35. The number of hydrogen-bond acceptors (Lipinski definition) is 3. The summed E-state index contributed by atoms with van der Waals surface area (Å²) < 4.78 is 0. The van der Waals surface area contributed by atoms with Crippen molar-refractivity contribution >= 4 is 11.8 Å². The first kappa shape index (κ1) is 15.9. The Labute approximate surface area is 104 Å². The van der Waals surface area contributed by atoms with Crippen molar-refractivity contribution in [2.24, 2.45) is 5.73 Å². The van der Waals surface area contributed by atoms with Gasteiger partial charge in [0.15, 0.2) is 0 Å². The molecule has 0 aromatic carbocycles. The number of nitrogens with two attached hydrogens (primary N) is 1. The van der Waals surface area contributed by atoms with Crippen molar-refractivity contribution in [1.82, 2.24) is 10.6 Å². The van der Waals surface area contributed by atoms with E-state index in [1.54, 1.807) is 6.92 Å². The number of amides is 2. The van der Waals surface area contributed by atoms with Crippen LogP contribution >= 0.6 is 0 Å². The van der Waals surface area contributed by atoms with Crippen LogP contribution < -0.4 is 16.4 Å². The number of carbonyl (C=O) groups excluding carboxylic acids is 2. The molecule has 0 radical (unpaired) electrons. The molecule has 0 aliphatic heterocycles. The topological polar surface area (TPSA) is 84.2 Å².